The summed E-state index contributed by atoms with van der Waals surface area (Å²) < 4.78 is 148. The number of alkyl halides is 9. The van der Waals surface area contributed by atoms with Crippen LogP contribution in [0.3, 0.4) is 0 Å². The molecule has 0 aliphatic rings. The molecule has 0 heterocycles. The maximum Gasteiger partial charge on any atom is 0.460 e. The van der Waals surface area contributed by atoms with Gasteiger partial charge in [0.15, 0.2) is 8.32 Å². The predicted octanol–water partition coefficient (Wildman–Crippen LogP) is 5.68. The van der Waals surface area contributed by atoms with Crippen molar-refractivity contribution in [2.75, 3.05) is 0 Å². The highest BCUT2D eigenvalue weighted by atomic mass is 32.2. The second-order valence-electron chi connectivity index (χ2n) is 7.69. The van der Waals surface area contributed by atoms with Gasteiger partial charge < -0.3 is 8.61 Å². The van der Waals surface area contributed by atoms with Crippen molar-refractivity contribution < 1.29 is 56.5 Å². The van der Waals surface area contributed by atoms with Crippen molar-refractivity contribution in [1.82, 2.24) is 0 Å². The second-order valence-corrected chi connectivity index (χ2v) is 14.0. The Morgan fingerprint density at radius 1 is 0.897 bits per heavy atom. The van der Waals surface area contributed by atoms with Gasteiger partial charge in [-0.3, -0.25) is 0 Å². The van der Waals surface area contributed by atoms with Crippen molar-refractivity contribution in [1.29, 1.82) is 0 Å². The van der Waals surface area contributed by atoms with Gasteiger partial charge in [0.2, 0.25) is 0 Å². The number of halogens is 9. The summed E-state index contributed by atoms with van der Waals surface area (Å²) in [5, 5.41) is -7.43. The lowest BCUT2D eigenvalue weighted by molar-refractivity contribution is -0.382. The van der Waals surface area contributed by atoms with Gasteiger partial charge in [-0.05, 0) is 25.1 Å². The molecule has 29 heavy (non-hydrogen) atoms. The molecule has 0 amide bonds. The lowest BCUT2D eigenvalue weighted by Crippen LogP contribution is -2.63. The van der Waals surface area contributed by atoms with Crippen molar-refractivity contribution in [2.45, 2.75) is 75.2 Å². The SMILES string of the molecule is C=C(OS(=O)(=O)C(F)(F)C(F)(F)C(F)(F)C(F)(F)F)C(C)O[Si](C)(C)C(C)(C)C. The summed E-state index contributed by atoms with van der Waals surface area (Å²) in [6, 6.07) is 0. The van der Waals surface area contributed by atoms with Crippen LogP contribution in [0.4, 0.5) is 39.5 Å². The zero-order valence-corrected chi connectivity index (χ0v) is 18.0. The Hall–Kier alpha value is -0.963. The van der Waals surface area contributed by atoms with Crippen molar-refractivity contribution in [3.63, 3.8) is 0 Å². The van der Waals surface area contributed by atoms with Gasteiger partial charge in [0.05, 0.1) is 0 Å². The quantitative estimate of drug-likeness (QED) is 0.193. The molecule has 0 rings (SSSR count). The van der Waals surface area contributed by atoms with E-state index in [2.05, 4.69) is 10.8 Å². The molecule has 0 aromatic rings. The van der Waals surface area contributed by atoms with Crippen molar-refractivity contribution >= 4 is 18.4 Å². The summed E-state index contributed by atoms with van der Waals surface area (Å²) in [6.45, 7) is 12.5. The number of rotatable bonds is 8. The molecule has 0 spiro atoms. The lowest BCUT2D eigenvalue weighted by atomic mass is 10.1. The van der Waals surface area contributed by atoms with Crippen molar-refractivity contribution in [3.8, 4) is 0 Å². The Morgan fingerprint density at radius 2 is 1.28 bits per heavy atom. The van der Waals surface area contributed by atoms with Gasteiger partial charge in [-0.15, -0.1) is 0 Å². The Kier molecular flexibility index (Phi) is 7.37. The van der Waals surface area contributed by atoms with Gasteiger partial charge in [0.1, 0.15) is 11.9 Å². The van der Waals surface area contributed by atoms with E-state index in [1.54, 1.807) is 33.9 Å². The highest BCUT2D eigenvalue weighted by Gasteiger charge is 2.86. The molecular formula is C14H21F9O4SSi. The minimum atomic E-state index is -7.37. The monoisotopic (exact) mass is 484 g/mol. The van der Waals surface area contributed by atoms with Crippen LogP contribution in [0.1, 0.15) is 27.7 Å². The molecule has 0 aliphatic carbocycles. The molecule has 1 atom stereocenters. The minimum Gasteiger partial charge on any atom is -0.407 e. The Balaban J connectivity index is 5.83. The molecule has 0 saturated heterocycles. The molecular weight excluding hydrogens is 463 g/mol. The molecule has 0 N–H and O–H groups in total. The van der Waals surface area contributed by atoms with Gasteiger partial charge in [-0.1, -0.05) is 27.4 Å². The van der Waals surface area contributed by atoms with E-state index in [1.165, 1.54) is 0 Å². The number of hydrogen-bond donors (Lipinski definition) is 0. The molecule has 0 aromatic carbocycles. The first-order chi connectivity index (χ1) is 12.3. The van der Waals surface area contributed by atoms with Crippen LogP contribution in [0.15, 0.2) is 12.3 Å². The summed E-state index contributed by atoms with van der Waals surface area (Å²) in [5.74, 6) is -15.9. The van der Waals surface area contributed by atoms with E-state index in [-0.39, 0.29) is 0 Å². The summed E-state index contributed by atoms with van der Waals surface area (Å²) >= 11 is 0. The third-order valence-electron chi connectivity index (χ3n) is 4.38. The van der Waals surface area contributed by atoms with Crippen LogP contribution >= 0.6 is 0 Å². The van der Waals surface area contributed by atoms with E-state index in [1.807, 2.05) is 0 Å². The normalized spacial score (nSPS) is 16.5. The Labute approximate surface area is 163 Å². The average molecular weight is 484 g/mol. The fourth-order valence-corrected chi connectivity index (χ4v) is 3.80. The minimum absolute atomic E-state index is 0.480. The van der Waals surface area contributed by atoms with Gasteiger partial charge in [-0.25, -0.2) is 0 Å². The number of hydrogen-bond acceptors (Lipinski definition) is 4. The van der Waals surface area contributed by atoms with E-state index < -0.39 is 58.6 Å². The molecule has 174 valence electrons. The van der Waals surface area contributed by atoms with Gasteiger partial charge in [-0.2, -0.15) is 47.9 Å². The molecule has 0 aliphatic heterocycles. The van der Waals surface area contributed by atoms with Crippen molar-refractivity contribution in [2.24, 2.45) is 0 Å². The highest BCUT2D eigenvalue weighted by molar-refractivity contribution is 7.88. The molecule has 0 fully saturated rings. The second kappa shape index (κ2) is 7.62. The molecule has 0 saturated carbocycles. The van der Waals surface area contributed by atoms with Crippen LogP contribution in [0.25, 0.3) is 0 Å². The topological polar surface area (TPSA) is 52.6 Å². The largest absolute Gasteiger partial charge is 0.460 e. The first kappa shape index (κ1) is 28.0. The maximum atomic E-state index is 13.6. The van der Waals surface area contributed by atoms with Gasteiger partial charge in [0, 0.05) is 0 Å². The van der Waals surface area contributed by atoms with Gasteiger partial charge >= 0.3 is 33.4 Å². The van der Waals surface area contributed by atoms with E-state index in [0.29, 0.717) is 0 Å². The van der Waals surface area contributed by atoms with Gasteiger partial charge in [0.25, 0.3) is 0 Å². The van der Waals surface area contributed by atoms with Crippen LogP contribution in [-0.4, -0.2) is 46.1 Å². The summed E-state index contributed by atoms with van der Waals surface area (Å²) in [6.07, 6.45) is -8.65. The molecule has 0 bridgehead atoms. The van der Waals surface area contributed by atoms with Crippen LogP contribution in [0.5, 0.6) is 0 Å². The van der Waals surface area contributed by atoms with Crippen molar-refractivity contribution in [3.05, 3.63) is 12.3 Å². The maximum absolute atomic E-state index is 13.6. The lowest BCUT2D eigenvalue weighted by Gasteiger charge is -2.38. The van der Waals surface area contributed by atoms with E-state index >= 15 is 0 Å². The van der Waals surface area contributed by atoms with Crippen LogP contribution < -0.4 is 0 Å². The van der Waals surface area contributed by atoms with Crippen LogP contribution in [0.2, 0.25) is 18.1 Å². The molecule has 0 aromatic heterocycles. The van der Waals surface area contributed by atoms with Crippen LogP contribution in [0, 0.1) is 0 Å². The molecule has 1 unspecified atom stereocenters. The zero-order chi connectivity index (χ0) is 24.1. The van der Waals surface area contributed by atoms with Crippen LogP contribution in [-0.2, 0) is 18.7 Å². The zero-order valence-electron chi connectivity index (χ0n) is 16.2. The third-order valence-corrected chi connectivity index (χ3v) is 10.3. The average Bonchev–Trinajstić information content (AvgIpc) is 2.42. The summed E-state index contributed by atoms with van der Waals surface area (Å²) in [7, 11) is -9.71. The summed E-state index contributed by atoms with van der Waals surface area (Å²) in [5.41, 5.74) is 0. The fraction of sp³-hybridized carbons (Fsp3) is 0.857. The third kappa shape index (κ3) is 5.03. The predicted molar refractivity (Wildman–Crippen MR) is 87.8 cm³/mol. The van der Waals surface area contributed by atoms with E-state index in [0.717, 1.165) is 6.92 Å². The fourth-order valence-electron chi connectivity index (χ4n) is 1.46. The van der Waals surface area contributed by atoms with E-state index in [4.69, 9.17) is 4.43 Å². The van der Waals surface area contributed by atoms with E-state index in [9.17, 15) is 47.9 Å². The first-order valence-corrected chi connectivity index (χ1v) is 12.1. The first-order valence-electron chi connectivity index (χ1n) is 7.77. The standard InChI is InChI=1S/C14H21F9O4SSi/c1-8(9(2)27-29(6,7)10(3,4)5)26-28(24,25)14(22,23)12(17,18)11(15,16)13(19,20)21/h9H,1H2,2-7H3. The summed E-state index contributed by atoms with van der Waals surface area (Å²) in [4.78, 5) is 0. The Bertz CT molecular complexity index is 724. The highest BCUT2D eigenvalue weighted by Crippen LogP contribution is 2.55. The molecule has 4 nitrogen and oxygen atoms in total. The smallest absolute Gasteiger partial charge is 0.407 e. The molecule has 0 radical (unpaired) electrons. The Morgan fingerprint density at radius 3 is 1.59 bits per heavy atom. The molecule has 15 heteroatoms.